The van der Waals surface area contributed by atoms with Crippen LogP contribution in [0.1, 0.15) is 18.9 Å². The molecule has 6 heteroatoms. The number of benzene rings is 1. The van der Waals surface area contributed by atoms with Crippen molar-refractivity contribution in [3.05, 3.63) is 41.7 Å². The molecule has 1 saturated heterocycles. The summed E-state index contributed by atoms with van der Waals surface area (Å²) in [6.45, 7) is 2.09. The van der Waals surface area contributed by atoms with E-state index >= 15 is 0 Å². The molecule has 0 radical (unpaired) electrons. The number of carbonyl (C=O) groups is 2. The van der Waals surface area contributed by atoms with Gasteiger partial charge in [0.25, 0.3) is 0 Å². The number of rotatable bonds is 4. The predicted octanol–water partition coefficient (Wildman–Crippen LogP) is 1.33. The SMILES string of the molecule is CO[C@H]1C[C@@H](C(N)=O)N(C(=O)/C=C(\C)c2ccc(F)cc2)C1. The average molecular weight is 306 g/mol. The van der Waals surface area contributed by atoms with Crippen molar-refractivity contribution in [2.24, 2.45) is 5.73 Å². The Bertz CT molecular complexity index is 598. The standard InChI is InChI=1S/C16H19FN2O3/c1-10(11-3-5-12(17)6-4-11)7-15(20)19-9-13(22-2)8-14(19)16(18)21/h3-7,13-14H,8-9H2,1-2H3,(H2,18,21)/b10-7+/t13-,14-/m0/s1. The molecule has 0 aliphatic carbocycles. The highest BCUT2D eigenvalue weighted by molar-refractivity contribution is 5.98. The maximum Gasteiger partial charge on any atom is 0.247 e. The molecule has 0 spiro atoms. The lowest BCUT2D eigenvalue weighted by Gasteiger charge is -2.20. The molecular weight excluding hydrogens is 287 g/mol. The normalized spacial score (nSPS) is 22.0. The molecule has 2 atom stereocenters. The van der Waals surface area contributed by atoms with Crippen molar-refractivity contribution in [3.8, 4) is 0 Å². The zero-order chi connectivity index (χ0) is 16.3. The van der Waals surface area contributed by atoms with Crippen LogP contribution in [0.4, 0.5) is 4.39 Å². The number of allylic oxidation sites excluding steroid dienone is 1. The summed E-state index contributed by atoms with van der Waals surface area (Å²) in [6.07, 6.45) is 1.64. The van der Waals surface area contributed by atoms with Gasteiger partial charge >= 0.3 is 0 Å². The zero-order valence-electron chi connectivity index (χ0n) is 12.6. The Hall–Kier alpha value is -2.21. The maximum absolute atomic E-state index is 12.9. The Kier molecular flexibility index (Phi) is 4.92. The van der Waals surface area contributed by atoms with Gasteiger partial charge in [-0.2, -0.15) is 0 Å². The smallest absolute Gasteiger partial charge is 0.247 e. The van der Waals surface area contributed by atoms with E-state index in [0.29, 0.717) is 18.5 Å². The molecule has 22 heavy (non-hydrogen) atoms. The van der Waals surface area contributed by atoms with Crippen LogP contribution in [0.15, 0.2) is 30.3 Å². The van der Waals surface area contributed by atoms with Crippen LogP contribution in [0, 0.1) is 5.82 Å². The predicted molar refractivity (Wildman–Crippen MR) is 80.2 cm³/mol. The van der Waals surface area contributed by atoms with Gasteiger partial charge in [-0.05, 0) is 30.2 Å². The Morgan fingerprint density at radius 2 is 2.00 bits per heavy atom. The topological polar surface area (TPSA) is 72.6 Å². The van der Waals surface area contributed by atoms with E-state index in [1.807, 2.05) is 0 Å². The van der Waals surface area contributed by atoms with Crippen molar-refractivity contribution in [1.82, 2.24) is 4.90 Å². The number of ether oxygens (including phenoxy) is 1. The van der Waals surface area contributed by atoms with Gasteiger partial charge in [-0.1, -0.05) is 12.1 Å². The highest BCUT2D eigenvalue weighted by Gasteiger charge is 2.37. The average Bonchev–Trinajstić information content (AvgIpc) is 2.92. The summed E-state index contributed by atoms with van der Waals surface area (Å²) in [6, 6.07) is 5.21. The van der Waals surface area contributed by atoms with Gasteiger partial charge < -0.3 is 15.4 Å². The second-order valence-corrected chi connectivity index (χ2v) is 5.34. The molecule has 0 aromatic heterocycles. The van der Waals surface area contributed by atoms with E-state index in [-0.39, 0.29) is 17.8 Å². The van der Waals surface area contributed by atoms with Crippen LogP contribution >= 0.6 is 0 Å². The molecule has 1 aliphatic rings. The Balaban J connectivity index is 2.17. The fourth-order valence-electron chi connectivity index (χ4n) is 2.55. The minimum atomic E-state index is -0.658. The molecule has 1 fully saturated rings. The van der Waals surface area contributed by atoms with Crippen molar-refractivity contribution in [2.75, 3.05) is 13.7 Å². The molecule has 5 nitrogen and oxygen atoms in total. The van der Waals surface area contributed by atoms with Crippen LogP contribution in [0.25, 0.3) is 5.57 Å². The Labute approximate surface area is 128 Å². The molecular formula is C16H19FN2O3. The molecule has 1 aliphatic heterocycles. The van der Waals surface area contributed by atoms with Gasteiger partial charge in [0.15, 0.2) is 0 Å². The van der Waals surface area contributed by atoms with Gasteiger partial charge in [-0.3, -0.25) is 9.59 Å². The third-order valence-corrected chi connectivity index (χ3v) is 3.85. The van der Waals surface area contributed by atoms with E-state index in [9.17, 15) is 14.0 Å². The lowest BCUT2D eigenvalue weighted by Crippen LogP contribution is -2.43. The summed E-state index contributed by atoms with van der Waals surface area (Å²) in [4.78, 5) is 25.3. The first-order valence-corrected chi connectivity index (χ1v) is 6.99. The summed E-state index contributed by atoms with van der Waals surface area (Å²) in [5.41, 5.74) is 6.78. The summed E-state index contributed by atoms with van der Waals surface area (Å²) >= 11 is 0. The first-order chi connectivity index (χ1) is 10.4. The number of carbonyl (C=O) groups excluding carboxylic acids is 2. The lowest BCUT2D eigenvalue weighted by molar-refractivity contribution is -0.133. The molecule has 1 aromatic rings. The zero-order valence-corrected chi connectivity index (χ0v) is 12.6. The molecule has 0 saturated carbocycles. The second-order valence-electron chi connectivity index (χ2n) is 5.34. The van der Waals surface area contributed by atoms with E-state index < -0.39 is 11.9 Å². The quantitative estimate of drug-likeness (QED) is 0.853. The van der Waals surface area contributed by atoms with Gasteiger partial charge in [0, 0.05) is 26.2 Å². The van der Waals surface area contributed by atoms with Gasteiger partial charge in [-0.15, -0.1) is 0 Å². The second kappa shape index (κ2) is 6.70. The number of likely N-dealkylation sites (tertiary alicyclic amines) is 1. The molecule has 2 rings (SSSR count). The van der Waals surface area contributed by atoms with Crippen LogP contribution in [0.5, 0.6) is 0 Å². The number of primary amides is 1. The van der Waals surface area contributed by atoms with Crippen LogP contribution in [0.3, 0.4) is 0 Å². The van der Waals surface area contributed by atoms with Gasteiger partial charge in [0.05, 0.1) is 6.10 Å². The first-order valence-electron chi connectivity index (χ1n) is 6.99. The van der Waals surface area contributed by atoms with E-state index in [1.54, 1.807) is 19.1 Å². The fraction of sp³-hybridized carbons (Fsp3) is 0.375. The van der Waals surface area contributed by atoms with E-state index in [0.717, 1.165) is 5.56 Å². The van der Waals surface area contributed by atoms with Crippen molar-refractivity contribution < 1.29 is 18.7 Å². The largest absolute Gasteiger partial charge is 0.380 e. The molecule has 2 N–H and O–H groups in total. The van der Waals surface area contributed by atoms with Gasteiger partial charge in [0.1, 0.15) is 11.9 Å². The van der Waals surface area contributed by atoms with Crippen molar-refractivity contribution in [1.29, 1.82) is 0 Å². The molecule has 0 unspecified atom stereocenters. The van der Waals surface area contributed by atoms with Gasteiger partial charge in [0.2, 0.25) is 11.8 Å². The number of nitrogens with zero attached hydrogens (tertiary/aromatic N) is 1. The summed E-state index contributed by atoms with van der Waals surface area (Å²) in [5, 5.41) is 0. The summed E-state index contributed by atoms with van der Waals surface area (Å²) in [5.74, 6) is -1.18. The summed E-state index contributed by atoms with van der Waals surface area (Å²) < 4.78 is 18.1. The number of nitrogens with two attached hydrogens (primary N) is 1. The third kappa shape index (κ3) is 3.51. The molecule has 1 heterocycles. The third-order valence-electron chi connectivity index (χ3n) is 3.85. The molecule has 2 amide bonds. The van der Waals surface area contributed by atoms with Crippen LogP contribution in [-0.4, -0.2) is 42.5 Å². The van der Waals surface area contributed by atoms with E-state index in [1.165, 1.54) is 30.2 Å². The number of hydrogen-bond acceptors (Lipinski definition) is 3. The molecule has 0 bridgehead atoms. The van der Waals surface area contributed by atoms with Crippen LogP contribution in [0.2, 0.25) is 0 Å². The number of methoxy groups -OCH3 is 1. The van der Waals surface area contributed by atoms with Crippen molar-refractivity contribution >= 4 is 17.4 Å². The van der Waals surface area contributed by atoms with Gasteiger partial charge in [-0.25, -0.2) is 4.39 Å². The minimum Gasteiger partial charge on any atom is -0.380 e. The molecule has 1 aromatic carbocycles. The fourth-order valence-corrected chi connectivity index (χ4v) is 2.55. The Morgan fingerprint density at radius 1 is 1.36 bits per heavy atom. The monoisotopic (exact) mass is 306 g/mol. The highest BCUT2D eigenvalue weighted by Crippen LogP contribution is 2.22. The number of amides is 2. The maximum atomic E-state index is 12.9. The number of hydrogen-bond donors (Lipinski definition) is 1. The summed E-state index contributed by atoms with van der Waals surface area (Å²) in [7, 11) is 1.54. The van der Waals surface area contributed by atoms with E-state index in [4.69, 9.17) is 10.5 Å². The van der Waals surface area contributed by atoms with Crippen molar-refractivity contribution in [2.45, 2.75) is 25.5 Å². The first kappa shape index (κ1) is 16.2. The van der Waals surface area contributed by atoms with E-state index in [2.05, 4.69) is 0 Å². The minimum absolute atomic E-state index is 0.194. The highest BCUT2D eigenvalue weighted by atomic mass is 19.1. The van der Waals surface area contributed by atoms with Crippen molar-refractivity contribution in [3.63, 3.8) is 0 Å². The van der Waals surface area contributed by atoms with Crippen LogP contribution < -0.4 is 5.73 Å². The Morgan fingerprint density at radius 3 is 2.55 bits per heavy atom. The lowest BCUT2D eigenvalue weighted by atomic mass is 10.1. The molecule has 118 valence electrons. The number of halogens is 1. The van der Waals surface area contributed by atoms with Crippen LogP contribution in [-0.2, 0) is 14.3 Å².